The fraction of sp³-hybridized carbons (Fsp3) is 0.448. The van der Waals surface area contributed by atoms with Gasteiger partial charge in [-0.25, -0.2) is 4.68 Å². The number of aromatic nitrogens is 5. The second-order valence-electron chi connectivity index (χ2n) is 10.1. The smallest absolute Gasteiger partial charge is 0.252 e. The van der Waals surface area contributed by atoms with Gasteiger partial charge in [0.1, 0.15) is 0 Å². The lowest BCUT2D eigenvalue weighted by atomic mass is 9.95. The number of nitrogens with zero attached hydrogens (tertiary/aromatic N) is 5. The van der Waals surface area contributed by atoms with Crippen molar-refractivity contribution in [2.45, 2.75) is 64.6 Å². The fourth-order valence-electron chi connectivity index (χ4n) is 5.45. The van der Waals surface area contributed by atoms with Gasteiger partial charge >= 0.3 is 0 Å². The van der Waals surface area contributed by atoms with Crippen molar-refractivity contribution in [2.24, 2.45) is 0 Å². The number of para-hydroxylation sites is 1. The number of methoxy groups -OCH3 is 2. The fourth-order valence-corrected chi connectivity index (χ4v) is 5.45. The Morgan fingerprint density at radius 2 is 1.84 bits per heavy atom. The van der Waals surface area contributed by atoms with Crippen molar-refractivity contribution in [1.82, 2.24) is 30.1 Å². The van der Waals surface area contributed by atoms with Crippen LogP contribution in [0.2, 0.25) is 0 Å². The van der Waals surface area contributed by atoms with Gasteiger partial charge in [-0.1, -0.05) is 43.5 Å². The first-order chi connectivity index (χ1) is 18.6. The van der Waals surface area contributed by atoms with E-state index >= 15 is 0 Å². The molecule has 200 valence electrons. The van der Waals surface area contributed by atoms with Gasteiger partial charge in [0.2, 0.25) is 0 Å². The number of hydrogen-bond donors (Lipinski definition) is 1. The zero-order valence-electron chi connectivity index (χ0n) is 22.4. The van der Waals surface area contributed by atoms with Crippen LogP contribution < -0.4 is 15.0 Å². The Labute approximate surface area is 222 Å². The lowest BCUT2D eigenvalue weighted by molar-refractivity contribution is 0.235. The third kappa shape index (κ3) is 5.72. The van der Waals surface area contributed by atoms with Crippen molar-refractivity contribution in [3.63, 3.8) is 0 Å². The maximum absolute atomic E-state index is 13.1. The first-order valence-electron chi connectivity index (χ1n) is 13.4. The molecule has 0 amide bonds. The highest BCUT2D eigenvalue weighted by molar-refractivity contribution is 5.81. The van der Waals surface area contributed by atoms with Gasteiger partial charge in [0.15, 0.2) is 17.3 Å². The van der Waals surface area contributed by atoms with Gasteiger partial charge in [-0.2, -0.15) is 0 Å². The van der Waals surface area contributed by atoms with Crippen LogP contribution in [0.25, 0.3) is 10.9 Å². The van der Waals surface area contributed by atoms with Gasteiger partial charge in [-0.05, 0) is 71.3 Å². The van der Waals surface area contributed by atoms with Gasteiger partial charge in [0.25, 0.3) is 5.56 Å². The number of aromatic amines is 1. The second kappa shape index (κ2) is 11.8. The second-order valence-corrected chi connectivity index (χ2v) is 10.1. The summed E-state index contributed by atoms with van der Waals surface area (Å²) in [6.07, 6.45) is 6.67. The maximum atomic E-state index is 13.1. The lowest BCUT2D eigenvalue weighted by Crippen LogP contribution is -2.30. The summed E-state index contributed by atoms with van der Waals surface area (Å²) in [5.74, 6) is 2.26. The summed E-state index contributed by atoms with van der Waals surface area (Å²) < 4.78 is 12.9. The van der Waals surface area contributed by atoms with Gasteiger partial charge in [0, 0.05) is 18.7 Å². The summed E-state index contributed by atoms with van der Waals surface area (Å²) in [7, 11) is 3.28. The standard InChI is InChI=1S/C29H36N6O3/c1-20-8-7-9-22-17-23(29(36)30-28(20)22)18-34(15-14-21-12-13-25(37-2)26(16-21)38-3)19-27-31-32-33-35(27)24-10-5-4-6-11-24/h7-9,12-13,16-17,24H,4-6,10-11,14-15,18-19H2,1-3H3,(H,30,36). The molecule has 1 N–H and O–H groups in total. The van der Waals surface area contributed by atoms with Gasteiger partial charge < -0.3 is 14.5 Å². The van der Waals surface area contributed by atoms with Crippen LogP contribution in [0.15, 0.2) is 47.3 Å². The molecule has 1 aliphatic carbocycles. The molecular formula is C29H36N6O3. The Morgan fingerprint density at radius 1 is 1.03 bits per heavy atom. The molecule has 0 radical (unpaired) electrons. The van der Waals surface area contributed by atoms with E-state index in [1.807, 2.05) is 48.0 Å². The number of tetrazole rings is 1. The van der Waals surface area contributed by atoms with Crippen molar-refractivity contribution in [3.05, 3.63) is 75.3 Å². The van der Waals surface area contributed by atoms with Crippen LogP contribution in [0, 0.1) is 6.92 Å². The molecule has 0 bridgehead atoms. The van der Waals surface area contributed by atoms with Crippen LogP contribution in [-0.4, -0.2) is 50.9 Å². The van der Waals surface area contributed by atoms with E-state index < -0.39 is 0 Å². The minimum atomic E-state index is -0.0604. The Bertz CT molecular complexity index is 1440. The topological polar surface area (TPSA) is 98.2 Å². The molecule has 5 rings (SSSR count). The number of pyridine rings is 1. The molecular weight excluding hydrogens is 480 g/mol. The van der Waals surface area contributed by atoms with Crippen LogP contribution in [0.1, 0.15) is 60.7 Å². The van der Waals surface area contributed by atoms with Crippen LogP contribution in [0.5, 0.6) is 11.5 Å². The zero-order chi connectivity index (χ0) is 26.5. The molecule has 2 heterocycles. The number of benzene rings is 2. The van der Waals surface area contributed by atoms with Crippen LogP contribution in [-0.2, 0) is 19.5 Å². The van der Waals surface area contributed by atoms with Crippen LogP contribution >= 0.6 is 0 Å². The van der Waals surface area contributed by atoms with Gasteiger partial charge in [0.05, 0.1) is 32.3 Å². The molecule has 0 unspecified atom stereocenters. The van der Waals surface area contributed by atoms with E-state index in [0.29, 0.717) is 30.6 Å². The molecule has 1 saturated carbocycles. The Balaban J connectivity index is 1.41. The summed E-state index contributed by atoms with van der Waals surface area (Å²) in [6, 6.07) is 14.4. The summed E-state index contributed by atoms with van der Waals surface area (Å²) in [5, 5.41) is 13.8. The number of nitrogens with one attached hydrogen (secondary N) is 1. The average Bonchev–Trinajstić information content (AvgIpc) is 3.41. The van der Waals surface area contributed by atoms with Gasteiger partial charge in [-0.15, -0.1) is 5.10 Å². The SMILES string of the molecule is COc1ccc(CCN(Cc2cc3cccc(C)c3[nH]c2=O)Cc2nnnn2C2CCCCC2)cc1OC. The highest BCUT2D eigenvalue weighted by Crippen LogP contribution is 2.29. The van der Waals surface area contributed by atoms with E-state index in [2.05, 4.69) is 31.5 Å². The van der Waals surface area contributed by atoms with Crippen molar-refractivity contribution in [2.75, 3.05) is 20.8 Å². The molecule has 9 heteroatoms. The predicted octanol–water partition coefficient (Wildman–Crippen LogP) is 4.59. The van der Waals surface area contributed by atoms with Gasteiger partial charge in [-0.3, -0.25) is 9.69 Å². The Hall–Kier alpha value is -3.72. The monoisotopic (exact) mass is 516 g/mol. The Kier molecular flexibility index (Phi) is 8.03. The van der Waals surface area contributed by atoms with Crippen molar-refractivity contribution >= 4 is 10.9 Å². The van der Waals surface area contributed by atoms with Crippen molar-refractivity contribution in [1.29, 1.82) is 0 Å². The molecule has 1 aliphatic rings. The lowest BCUT2D eigenvalue weighted by Gasteiger charge is -2.25. The van der Waals surface area contributed by atoms with E-state index in [0.717, 1.165) is 59.2 Å². The maximum Gasteiger partial charge on any atom is 0.252 e. The zero-order valence-corrected chi connectivity index (χ0v) is 22.4. The molecule has 1 fully saturated rings. The van der Waals surface area contributed by atoms with E-state index in [1.165, 1.54) is 19.3 Å². The third-order valence-corrected chi connectivity index (χ3v) is 7.57. The molecule has 4 aromatic rings. The predicted molar refractivity (Wildman–Crippen MR) is 147 cm³/mol. The van der Waals surface area contributed by atoms with Crippen molar-refractivity contribution in [3.8, 4) is 11.5 Å². The molecule has 9 nitrogen and oxygen atoms in total. The minimum absolute atomic E-state index is 0.0604. The molecule has 0 atom stereocenters. The number of fused-ring (bicyclic) bond motifs is 1. The van der Waals surface area contributed by atoms with Crippen LogP contribution in [0.3, 0.4) is 0 Å². The third-order valence-electron chi connectivity index (χ3n) is 7.57. The highest BCUT2D eigenvalue weighted by atomic mass is 16.5. The Morgan fingerprint density at radius 3 is 2.63 bits per heavy atom. The number of hydrogen-bond acceptors (Lipinski definition) is 7. The normalized spacial score (nSPS) is 14.3. The van der Waals surface area contributed by atoms with E-state index in [1.54, 1.807) is 14.2 Å². The molecule has 2 aromatic carbocycles. The van der Waals surface area contributed by atoms with Crippen LogP contribution in [0.4, 0.5) is 0 Å². The molecule has 0 aliphatic heterocycles. The molecule has 0 spiro atoms. The summed E-state index contributed by atoms with van der Waals surface area (Å²) in [5.41, 5.74) is 3.74. The molecule has 38 heavy (non-hydrogen) atoms. The first kappa shape index (κ1) is 25.9. The first-order valence-corrected chi connectivity index (χ1v) is 13.4. The van der Waals surface area contributed by atoms with E-state index in [4.69, 9.17) is 9.47 Å². The summed E-state index contributed by atoms with van der Waals surface area (Å²) in [4.78, 5) is 18.5. The summed E-state index contributed by atoms with van der Waals surface area (Å²) in [6.45, 7) is 3.78. The largest absolute Gasteiger partial charge is 0.493 e. The van der Waals surface area contributed by atoms with E-state index in [9.17, 15) is 4.79 Å². The molecule has 2 aromatic heterocycles. The highest BCUT2D eigenvalue weighted by Gasteiger charge is 2.22. The minimum Gasteiger partial charge on any atom is -0.493 e. The average molecular weight is 517 g/mol. The number of ether oxygens (including phenoxy) is 2. The molecule has 0 saturated heterocycles. The quantitative estimate of drug-likeness (QED) is 0.329. The van der Waals surface area contributed by atoms with Crippen molar-refractivity contribution < 1.29 is 9.47 Å². The number of H-pyrrole nitrogens is 1. The number of rotatable bonds is 10. The van der Waals surface area contributed by atoms with E-state index in [-0.39, 0.29) is 5.56 Å². The summed E-state index contributed by atoms with van der Waals surface area (Å²) >= 11 is 0. The number of aryl methyl sites for hydroxylation is 1.